The van der Waals surface area contributed by atoms with Crippen LogP contribution >= 0.6 is 27.3 Å². The smallest absolute Gasteiger partial charge is 0.408 e. The van der Waals surface area contributed by atoms with E-state index in [1.54, 1.807) is 0 Å². The molecule has 4 rings (SSSR count). The number of aryl methyl sites for hydroxylation is 2. The SMILES string of the molecule is O=c1[nH]c2ccc(C(Br)c3cc4c(s3)CCCC4)cc2o1. The number of hydrogen-bond acceptors (Lipinski definition) is 3. The maximum absolute atomic E-state index is 11.2. The van der Waals surface area contributed by atoms with E-state index >= 15 is 0 Å². The number of halogens is 1. The summed E-state index contributed by atoms with van der Waals surface area (Å²) < 4.78 is 5.15. The van der Waals surface area contributed by atoms with Gasteiger partial charge in [0.1, 0.15) is 0 Å². The first kappa shape index (κ1) is 13.3. The number of aromatic nitrogens is 1. The van der Waals surface area contributed by atoms with Crippen molar-refractivity contribution in [3.63, 3.8) is 0 Å². The number of rotatable bonds is 2. The molecule has 0 radical (unpaired) electrons. The first-order valence-corrected chi connectivity index (χ1v) is 8.82. The van der Waals surface area contributed by atoms with Gasteiger partial charge in [0.25, 0.3) is 0 Å². The Labute approximate surface area is 134 Å². The van der Waals surface area contributed by atoms with Crippen molar-refractivity contribution in [2.45, 2.75) is 30.5 Å². The average Bonchev–Trinajstić information content (AvgIpc) is 3.07. The zero-order valence-electron chi connectivity index (χ0n) is 11.3. The second kappa shape index (κ2) is 5.14. The summed E-state index contributed by atoms with van der Waals surface area (Å²) in [5.41, 5.74) is 3.99. The Bertz CT molecular complexity index is 837. The maximum Gasteiger partial charge on any atom is 0.417 e. The molecular formula is C16H14BrNO2S. The van der Waals surface area contributed by atoms with E-state index in [2.05, 4.69) is 27.0 Å². The molecule has 5 heteroatoms. The molecule has 3 nitrogen and oxygen atoms in total. The first-order chi connectivity index (χ1) is 10.2. The second-order valence-electron chi connectivity index (χ2n) is 5.44. The van der Waals surface area contributed by atoms with Crippen LogP contribution in [0.15, 0.2) is 33.5 Å². The molecule has 0 spiro atoms. The molecule has 0 fully saturated rings. The lowest BCUT2D eigenvalue weighted by atomic mass is 9.99. The van der Waals surface area contributed by atoms with Gasteiger partial charge >= 0.3 is 5.76 Å². The minimum absolute atomic E-state index is 0.151. The van der Waals surface area contributed by atoms with Gasteiger partial charge in [-0.05, 0) is 55.0 Å². The Balaban J connectivity index is 1.73. The van der Waals surface area contributed by atoms with E-state index in [0.29, 0.717) is 5.58 Å². The highest BCUT2D eigenvalue weighted by Gasteiger charge is 2.19. The van der Waals surface area contributed by atoms with E-state index in [0.717, 1.165) is 11.1 Å². The Kier molecular flexibility index (Phi) is 3.27. The monoisotopic (exact) mass is 363 g/mol. The van der Waals surface area contributed by atoms with Gasteiger partial charge in [-0.1, -0.05) is 22.0 Å². The lowest BCUT2D eigenvalue weighted by molar-refractivity contribution is 0.555. The summed E-state index contributed by atoms with van der Waals surface area (Å²) in [6.45, 7) is 0. The summed E-state index contributed by atoms with van der Waals surface area (Å²) in [6.07, 6.45) is 5.03. The standard InChI is InChI=1S/C16H14BrNO2S/c17-15(14-8-9-3-1-2-4-13(9)21-14)10-5-6-11-12(7-10)20-16(19)18-11/h5-8,15H,1-4H2,(H,18,19). The summed E-state index contributed by atoms with van der Waals surface area (Å²) in [4.78, 5) is 16.9. The maximum atomic E-state index is 11.2. The molecule has 3 aromatic rings. The van der Waals surface area contributed by atoms with E-state index in [1.807, 2.05) is 29.5 Å². The molecule has 1 aromatic carbocycles. The van der Waals surface area contributed by atoms with Crippen molar-refractivity contribution in [1.82, 2.24) is 4.98 Å². The molecule has 0 amide bonds. The van der Waals surface area contributed by atoms with E-state index in [4.69, 9.17) is 4.42 Å². The fourth-order valence-corrected chi connectivity index (χ4v) is 4.88. The van der Waals surface area contributed by atoms with Crippen molar-refractivity contribution in [3.8, 4) is 0 Å². The number of benzene rings is 1. The molecule has 108 valence electrons. The van der Waals surface area contributed by atoms with Crippen LogP contribution in [0.25, 0.3) is 11.1 Å². The van der Waals surface area contributed by atoms with E-state index in [1.165, 1.54) is 41.0 Å². The summed E-state index contributed by atoms with van der Waals surface area (Å²) in [6, 6.07) is 8.20. The van der Waals surface area contributed by atoms with Crippen LogP contribution in [0.1, 0.15) is 38.6 Å². The zero-order chi connectivity index (χ0) is 14.4. The van der Waals surface area contributed by atoms with Gasteiger partial charge in [-0.3, -0.25) is 4.98 Å². The normalized spacial score (nSPS) is 16.0. The van der Waals surface area contributed by atoms with Crippen LogP contribution in [0.4, 0.5) is 0 Å². The van der Waals surface area contributed by atoms with Crippen molar-refractivity contribution in [2.75, 3.05) is 0 Å². The molecule has 2 heterocycles. The van der Waals surface area contributed by atoms with Crippen molar-refractivity contribution in [2.24, 2.45) is 0 Å². The van der Waals surface area contributed by atoms with Gasteiger partial charge in [0.2, 0.25) is 0 Å². The van der Waals surface area contributed by atoms with Crippen LogP contribution in [0.5, 0.6) is 0 Å². The van der Waals surface area contributed by atoms with Crippen molar-refractivity contribution < 1.29 is 4.42 Å². The van der Waals surface area contributed by atoms with Gasteiger partial charge in [-0.15, -0.1) is 11.3 Å². The minimum atomic E-state index is -0.403. The van der Waals surface area contributed by atoms with Crippen molar-refractivity contribution in [1.29, 1.82) is 0 Å². The van der Waals surface area contributed by atoms with Crippen LogP contribution in [-0.2, 0) is 12.8 Å². The molecule has 2 aromatic heterocycles. The molecule has 0 saturated carbocycles. The van der Waals surface area contributed by atoms with Crippen molar-refractivity contribution >= 4 is 38.4 Å². The van der Waals surface area contributed by atoms with Gasteiger partial charge < -0.3 is 4.42 Å². The predicted octanol–water partition coefficient (Wildman–Crippen LogP) is 4.55. The van der Waals surface area contributed by atoms with Crippen LogP contribution in [0.3, 0.4) is 0 Å². The topological polar surface area (TPSA) is 46.0 Å². The summed E-state index contributed by atoms with van der Waals surface area (Å²) in [7, 11) is 0. The van der Waals surface area contributed by atoms with E-state index in [-0.39, 0.29) is 4.83 Å². The highest BCUT2D eigenvalue weighted by molar-refractivity contribution is 9.09. The van der Waals surface area contributed by atoms with E-state index < -0.39 is 5.76 Å². The Morgan fingerprint density at radius 2 is 2.10 bits per heavy atom. The molecule has 1 aliphatic carbocycles. The number of fused-ring (bicyclic) bond motifs is 2. The number of nitrogens with one attached hydrogen (secondary N) is 1. The number of oxazole rings is 1. The van der Waals surface area contributed by atoms with Crippen LogP contribution in [0.2, 0.25) is 0 Å². The van der Waals surface area contributed by atoms with Crippen LogP contribution in [-0.4, -0.2) is 4.98 Å². The Hall–Kier alpha value is -1.33. The Morgan fingerprint density at radius 3 is 2.95 bits per heavy atom. The molecule has 0 bridgehead atoms. The number of H-pyrrole nitrogens is 1. The van der Waals surface area contributed by atoms with Gasteiger partial charge in [0.15, 0.2) is 5.58 Å². The molecular weight excluding hydrogens is 350 g/mol. The fourth-order valence-electron chi connectivity index (χ4n) is 2.92. The minimum Gasteiger partial charge on any atom is -0.408 e. The molecule has 1 N–H and O–H groups in total. The molecule has 1 aliphatic rings. The van der Waals surface area contributed by atoms with Gasteiger partial charge in [0.05, 0.1) is 10.3 Å². The molecule has 0 aliphatic heterocycles. The van der Waals surface area contributed by atoms with Crippen LogP contribution in [0, 0.1) is 0 Å². The molecule has 21 heavy (non-hydrogen) atoms. The second-order valence-corrected chi connectivity index (χ2v) is 7.52. The Morgan fingerprint density at radius 1 is 1.24 bits per heavy atom. The largest absolute Gasteiger partial charge is 0.417 e. The number of hydrogen-bond donors (Lipinski definition) is 1. The first-order valence-electron chi connectivity index (χ1n) is 7.09. The number of thiophene rings is 1. The lowest BCUT2D eigenvalue weighted by Gasteiger charge is -2.08. The average molecular weight is 364 g/mol. The highest BCUT2D eigenvalue weighted by Crippen LogP contribution is 2.40. The zero-order valence-corrected chi connectivity index (χ0v) is 13.7. The summed E-state index contributed by atoms with van der Waals surface area (Å²) >= 11 is 5.70. The third-order valence-electron chi connectivity index (χ3n) is 4.00. The lowest BCUT2D eigenvalue weighted by Crippen LogP contribution is -1.96. The number of aromatic amines is 1. The summed E-state index contributed by atoms with van der Waals surface area (Å²) in [5, 5.41) is 0. The predicted molar refractivity (Wildman–Crippen MR) is 88.6 cm³/mol. The molecule has 1 unspecified atom stereocenters. The number of alkyl halides is 1. The quantitative estimate of drug-likeness (QED) is 0.679. The van der Waals surface area contributed by atoms with Crippen molar-refractivity contribution in [3.05, 3.63) is 55.7 Å². The van der Waals surface area contributed by atoms with Gasteiger partial charge in [-0.2, -0.15) is 0 Å². The fraction of sp³-hybridized carbons (Fsp3) is 0.312. The van der Waals surface area contributed by atoms with E-state index in [9.17, 15) is 4.79 Å². The summed E-state index contributed by atoms with van der Waals surface area (Å²) in [5.74, 6) is -0.403. The highest BCUT2D eigenvalue weighted by atomic mass is 79.9. The third kappa shape index (κ3) is 2.38. The third-order valence-corrected chi connectivity index (χ3v) is 6.63. The molecule has 0 saturated heterocycles. The van der Waals surface area contributed by atoms with Gasteiger partial charge in [0, 0.05) is 9.75 Å². The van der Waals surface area contributed by atoms with Gasteiger partial charge in [-0.25, -0.2) is 4.79 Å². The van der Waals surface area contributed by atoms with Crippen LogP contribution < -0.4 is 5.76 Å². The molecule has 1 atom stereocenters.